The van der Waals surface area contributed by atoms with E-state index >= 15 is 0 Å². The lowest BCUT2D eigenvalue weighted by atomic mass is 10.1. The van der Waals surface area contributed by atoms with E-state index in [1.807, 2.05) is 24.3 Å². The van der Waals surface area contributed by atoms with Crippen LogP contribution in [0.5, 0.6) is 0 Å². The molecule has 2 aromatic heterocycles. The zero-order valence-electron chi connectivity index (χ0n) is 19.6. The second-order valence-corrected chi connectivity index (χ2v) is 8.29. The normalized spacial score (nSPS) is 13.3. The number of carboxylic acid groups (broad SMARTS) is 2. The smallest absolute Gasteiger partial charge is 0.326 e. The van der Waals surface area contributed by atoms with Gasteiger partial charge in [-0.2, -0.15) is 0 Å². The minimum atomic E-state index is -1.58. The number of carboxylic acids is 2. The highest BCUT2D eigenvalue weighted by atomic mass is 16.4. The fourth-order valence-electron chi connectivity index (χ4n) is 3.65. The Morgan fingerprint density at radius 3 is 2.41 bits per heavy atom. The molecule has 3 amide bonds. The summed E-state index contributed by atoms with van der Waals surface area (Å²) in [6.45, 7) is -0.569. The Balaban J connectivity index is 1.54. The molecule has 14 nitrogen and oxygen atoms in total. The van der Waals surface area contributed by atoms with Gasteiger partial charge < -0.3 is 41.9 Å². The number of H-pyrrole nitrogens is 2. The first-order valence-corrected chi connectivity index (χ1v) is 11.2. The van der Waals surface area contributed by atoms with Crippen molar-refractivity contribution in [2.45, 2.75) is 37.4 Å². The number of para-hydroxylation sites is 1. The summed E-state index contributed by atoms with van der Waals surface area (Å²) in [5.74, 6) is -5.24. The maximum absolute atomic E-state index is 12.6. The first kappa shape index (κ1) is 26.9. The molecule has 0 saturated carbocycles. The highest BCUT2D eigenvalue weighted by molar-refractivity contribution is 5.94. The number of nitrogens with zero attached hydrogens (tertiary/aromatic N) is 1. The Morgan fingerprint density at radius 1 is 0.973 bits per heavy atom. The molecule has 14 heteroatoms. The molecule has 2 heterocycles. The molecule has 0 bridgehead atoms. The van der Waals surface area contributed by atoms with E-state index in [-0.39, 0.29) is 12.8 Å². The SMILES string of the molecule is NC(Cc1c[nH]c2ccccc12)C(=O)NCC(=O)NC(CC(=O)O)C(=O)NC(Cc1cnc[nH]1)C(=O)O. The molecule has 9 N–H and O–H groups in total. The fraction of sp³-hybridized carbons (Fsp3) is 0.304. The molecular formula is C23H27N7O7. The number of rotatable bonds is 13. The van der Waals surface area contributed by atoms with Crippen molar-refractivity contribution in [1.82, 2.24) is 30.9 Å². The highest BCUT2D eigenvalue weighted by Gasteiger charge is 2.29. The van der Waals surface area contributed by atoms with Gasteiger partial charge in [0.2, 0.25) is 17.7 Å². The molecule has 37 heavy (non-hydrogen) atoms. The second-order valence-electron chi connectivity index (χ2n) is 8.29. The maximum atomic E-state index is 12.6. The number of aliphatic carboxylic acids is 2. The summed E-state index contributed by atoms with van der Waals surface area (Å²) >= 11 is 0. The zero-order chi connectivity index (χ0) is 26.9. The number of benzene rings is 1. The number of carbonyl (C=O) groups excluding carboxylic acids is 3. The topological polar surface area (TPSA) is 232 Å². The lowest BCUT2D eigenvalue weighted by molar-refractivity contribution is -0.143. The third kappa shape index (κ3) is 7.63. The molecule has 0 saturated heterocycles. The van der Waals surface area contributed by atoms with E-state index in [2.05, 4.69) is 30.9 Å². The third-order valence-corrected chi connectivity index (χ3v) is 5.50. The number of hydrogen-bond donors (Lipinski definition) is 8. The Bertz CT molecular complexity index is 1270. The number of fused-ring (bicyclic) bond motifs is 1. The van der Waals surface area contributed by atoms with E-state index in [1.165, 1.54) is 12.5 Å². The zero-order valence-corrected chi connectivity index (χ0v) is 19.6. The summed E-state index contributed by atoms with van der Waals surface area (Å²) in [6, 6.07) is 3.55. The number of hydrogen-bond acceptors (Lipinski definition) is 7. The van der Waals surface area contributed by atoms with Gasteiger partial charge in [0.15, 0.2) is 0 Å². The minimum Gasteiger partial charge on any atom is -0.481 e. The fourth-order valence-corrected chi connectivity index (χ4v) is 3.65. The summed E-state index contributed by atoms with van der Waals surface area (Å²) in [6.07, 6.45) is 3.72. The van der Waals surface area contributed by atoms with Crippen LogP contribution < -0.4 is 21.7 Å². The molecule has 3 aromatic rings. The van der Waals surface area contributed by atoms with Crippen LogP contribution in [-0.2, 0) is 36.8 Å². The number of nitrogens with one attached hydrogen (secondary N) is 5. The minimum absolute atomic E-state index is 0.140. The van der Waals surface area contributed by atoms with Gasteiger partial charge in [-0.25, -0.2) is 9.78 Å². The first-order chi connectivity index (χ1) is 17.6. The van der Waals surface area contributed by atoms with Gasteiger partial charge >= 0.3 is 11.9 Å². The molecule has 1 aromatic carbocycles. The van der Waals surface area contributed by atoms with E-state index in [1.54, 1.807) is 6.20 Å². The second kappa shape index (κ2) is 12.3. The van der Waals surface area contributed by atoms with Crippen molar-refractivity contribution < 1.29 is 34.2 Å². The van der Waals surface area contributed by atoms with Gasteiger partial charge in [0.05, 0.1) is 25.3 Å². The monoisotopic (exact) mass is 513 g/mol. The third-order valence-electron chi connectivity index (χ3n) is 5.50. The lowest BCUT2D eigenvalue weighted by Gasteiger charge is -2.20. The van der Waals surface area contributed by atoms with Crippen molar-refractivity contribution in [1.29, 1.82) is 0 Å². The van der Waals surface area contributed by atoms with Crippen LogP contribution in [0.2, 0.25) is 0 Å². The summed E-state index contributed by atoms with van der Waals surface area (Å²) in [5, 5.41) is 26.2. The standard InChI is InChI=1S/C23H27N7O7/c24-15(5-12-8-26-16-4-2-1-3-14(12)16)21(34)27-10-19(31)29-17(7-20(32)33)22(35)30-18(23(36)37)6-13-9-25-11-28-13/h1-4,8-9,11,15,17-18,26H,5-7,10,24H2,(H,25,28)(H,27,34)(H,29,31)(H,30,35)(H,32,33)(H,36,37). The van der Waals surface area contributed by atoms with Crippen LogP contribution in [0, 0.1) is 0 Å². The van der Waals surface area contributed by atoms with Gasteiger partial charge in [-0.05, 0) is 18.1 Å². The number of nitrogens with two attached hydrogens (primary N) is 1. The molecule has 0 aliphatic heterocycles. The Labute approximate surface area is 210 Å². The number of aromatic amines is 2. The van der Waals surface area contributed by atoms with Crippen LogP contribution in [0.1, 0.15) is 17.7 Å². The van der Waals surface area contributed by atoms with Gasteiger partial charge in [-0.1, -0.05) is 18.2 Å². The van der Waals surface area contributed by atoms with E-state index in [9.17, 15) is 29.1 Å². The molecule has 0 fully saturated rings. The summed E-state index contributed by atoms with van der Waals surface area (Å²) < 4.78 is 0. The van der Waals surface area contributed by atoms with Gasteiger partial charge in [0.1, 0.15) is 12.1 Å². The Hall–Kier alpha value is -4.72. The van der Waals surface area contributed by atoms with E-state index in [0.717, 1.165) is 16.5 Å². The predicted octanol–water partition coefficient (Wildman–Crippen LogP) is -1.35. The highest BCUT2D eigenvalue weighted by Crippen LogP contribution is 2.18. The first-order valence-electron chi connectivity index (χ1n) is 11.2. The molecule has 0 aliphatic carbocycles. The van der Waals surface area contributed by atoms with Crippen LogP contribution >= 0.6 is 0 Å². The average Bonchev–Trinajstić information content (AvgIpc) is 3.51. The van der Waals surface area contributed by atoms with Crippen molar-refractivity contribution in [3.8, 4) is 0 Å². The van der Waals surface area contributed by atoms with Crippen molar-refractivity contribution in [2.24, 2.45) is 5.73 Å². The Kier molecular flexibility index (Phi) is 8.94. The van der Waals surface area contributed by atoms with Crippen molar-refractivity contribution in [3.63, 3.8) is 0 Å². The van der Waals surface area contributed by atoms with E-state index < -0.39 is 60.8 Å². The largest absolute Gasteiger partial charge is 0.481 e. The van der Waals surface area contributed by atoms with Crippen molar-refractivity contribution in [2.75, 3.05) is 6.54 Å². The summed E-state index contributed by atoms with van der Waals surface area (Å²) in [4.78, 5) is 69.7. The molecule has 0 spiro atoms. The maximum Gasteiger partial charge on any atom is 0.326 e. The molecular weight excluding hydrogens is 486 g/mol. The van der Waals surface area contributed by atoms with Crippen molar-refractivity contribution in [3.05, 3.63) is 54.2 Å². The van der Waals surface area contributed by atoms with Gasteiger partial charge in [-0.15, -0.1) is 0 Å². The number of amides is 3. The number of imidazole rings is 1. The van der Waals surface area contributed by atoms with Crippen LogP contribution in [0.3, 0.4) is 0 Å². The number of aromatic nitrogens is 3. The number of carbonyl (C=O) groups is 5. The molecule has 196 valence electrons. The molecule has 3 atom stereocenters. The average molecular weight is 514 g/mol. The molecule has 3 rings (SSSR count). The van der Waals surface area contributed by atoms with Crippen LogP contribution in [-0.4, -0.2) is 79.5 Å². The molecule has 3 unspecified atom stereocenters. The molecule has 0 aliphatic rings. The quantitative estimate of drug-likeness (QED) is 0.135. The summed E-state index contributed by atoms with van der Waals surface area (Å²) in [5.41, 5.74) is 8.12. The summed E-state index contributed by atoms with van der Waals surface area (Å²) in [7, 11) is 0. The lowest BCUT2D eigenvalue weighted by Crippen LogP contribution is -2.54. The van der Waals surface area contributed by atoms with Gasteiger partial charge in [0.25, 0.3) is 0 Å². The Morgan fingerprint density at radius 2 is 1.73 bits per heavy atom. The van der Waals surface area contributed by atoms with Crippen LogP contribution in [0.15, 0.2) is 43.0 Å². The van der Waals surface area contributed by atoms with Crippen molar-refractivity contribution >= 4 is 40.6 Å². The van der Waals surface area contributed by atoms with Gasteiger partial charge in [0, 0.05) is 35.4 Å². The van der Waals surface area contributed by atoms with E-state index in [0.29, 0.717) is 5.69 Å². The van der Waals surface area contributed by atoms with E-state index in [4.69, 9.17) is 10.8 Å². The molecule has 0 radical (unpaired) electrons. The van der Waals surface area contributed by atoms with Gasteiger partial charge in [-0.3, -0.25) is 19.2 Å². The van der Waals surface area contributed by atoms with Crippen LogP contribution in [0.25, 0.3) is 10.9 Å². The predicted molar refractivity (Wildman–Crippen MR) is 129 cm³/mol. The van der Waals surface area contributed by atoms with Crippen LogP contribution in [0.4, 0.5) is 0 Å².